The highest BCUT2D eigenvalue weighted by Crippen LogP contribution is 2.18. The number of aryl methyl sites for hydroxylation is 3. The molecule has 0 unspecified atom stereocenters. The first kappa shape index (κ1) is 12.5. The fraction of sp³-hybridized carbons (Fsp3) is 0.250. The standard InChI is InChI=1S/C16H17NO/c1-10-8-12(3)15(17-9-10)16(18)14-7-5-6-11(2)13(14)4/h5-9H,1-4H3. The van der Waals surface area contributed by atoms with Crippen LogP contribution in [0.2, 0.25) is 0 Å². The second kappa shape index (κ2) is 4.73. The van der Waals surface area contributed by atoms with Crippen molar-refractivity contribution in [3.05, 3.63) is 64.0 Å². The van der Waals surface area contributed by atoms with Crippen molar-refractivity contribution in [1.29, 1.82) is 0 Å². The van der Waals surface area contributed by atoms with Crippen molar-refractivity contribution in [3.63, 3.8) is 0 Å². The molecule has 1 heterocycles. The lowest BCUT2D eigenvalue weighted by atomic mass is 9.96. The topological polar surface area (TPSA) is 30.0 Å². The van der Waals surface area contributed by atoms with Crippen molar-refractivity contribution in [2.45, 2.75) is 27.7 Å². The molecule has 0 radical (unpaired) electrons. The summed E-state index contributed by atoms with van der Waals surface area (Å²) in [6, 6.07) is 7.79. The summed E-state index contributed by atoms with van der Waals surface area (Å²) >= 11 is 0. The Bertz CT molecular complexity index is 614. The minimum atomic E-state index is 0.00806. The number of benzene rings is 1. The Labute approximate surface area is 108 Å². The molecule has 0 fully saturated rings. The van der Waals surface area contributed by atoms with Gasteiger partial charge in [-0.05, 0) is 49.9 Å². The van der Waals surface area contributed by atoms with Gasteiger partial charge in [-0.2, -0.15) is 0 Å². The van der Waals surface area contributed by atoms with Crippen LogP contribution in [0.15, 0.2) is 30.5 Å². The van der Waals surface area contributed by atoms with Crippen molar-refractivity contribution in [2.24, 2.45) is 0 Å². The van der Waals surface area contributed by atoms with Crippen LogP contribution in [-0.4, -0.2) is 10.8 Å². The number of hydrogen-bond donors (Lipinski definition) is 0. The van der Waals surface area contributed by atoms with Crippen LogP contribution in [0.1, 0.15) is 38.3 Å². The largest absolute Gasteiger partial charge is 0.287 e. The van der Waals surface area contributed by atoms with E-state index >= 15 is 0 Å². The van der Waals surface area contributed by atoms with E-state index in [9.17, 15) is 4.79 Å². The summed E-state index contributed by atoms with van der Waals surface area (Å²) in [4.78, 5) is 16.8. The van der Waals surface area contributed by atoms with Crippen molar-refractivity contribution >= 4 is 5.78 Å². The average molecular weight is 239 g/mol. The lowest BCUT2D eigenvalue weighted by Crippen LogP contribution is -2.09. The highest BCUT2D eigenvalue weighted by atomic mass is 16.1. The van der Waals surface area contributed by atoms with Gasteiger partial charge in [0.1, 0.15) is 5.69 Å². The molecule has 92 valence electrons. The predicted molar refractivity (Wildman–Crippen MR) is 73.1 cm³/mol. The number of nitrogens with zero attached hydrogens (tertiary/aromatic N) is 1. The number of hydrogen-bond acceptors (Lipinski definition) is 2. The summed E-state index contributed by atoms with van der Waals surface area (Å²) in [6.07, 6.45) is 1.74. The first-order valence-electron chi connectivity index (χ1n) is 6.05. The van der Waals surface area contributed by atoms with Gasteiger partial charge in [0.05, 0.1) is 0 Å². The molecular formula is C16H17NO. The van der Waals surface area contributed by atoms with Crippen molar-refractivity contribution in [2.75, 3.05) is 0 Å². The third-order valence-electron chi connectivity index (χ3n) is 3.28. The van der Waals surface area contributed by atoms with E-state index in [1.165, 1.54) is 0 Å². The minimum Gasteiger partial charge on any atom is -0.287 e. The van der Waals surface area contributed by atoms with E-state index in [0.29, 0.717) is 5.69 Å². The summed E-state index contributed by atoms with van der Waals surface area (Å²) in [5.41, 5.74) is 5.46. The summed E-state index contributed by atoms with van der Waals surface area (Å²) in [6.45, 7) is 7.90. The molecule has 0 spiro atoms. The van der Waals surface area contributed by atoms with E-state index < -0.39 is 0 Å². The molecule has 0 saturated heterocycles. The number of carbonyl (C=O) groups excluding carboxylic acids is 1. The Balaban J connectivity index is 2.51. The zero-order chi connectivity index (χ0) is 13.3. The molecule has 2 rings (SSSR count). The molecule has 0 saturated carbocycles. The average Bonchev–Trinajstić information content (AvgIpc) is 2.32. The molecule has 1 aromatic heterocycles. The maximum absolute atomic E-state index is 12.5. The number of carbonyl (C=O) groups is 1. The van der Waals surface area contributed by atoms with E-state index in [2.05, 4.69) is 4.98 Å². The molecule has 18 heavy (non-hydrogen) atoms. The van der Waals surface area contributed by atoms with Gasteiger partial charge in [0.2, 0.25) is 5.78 Å². The number of rotatable bonds is 2. The number of aromatic nitrogens is 1. The van der Waals surface area contributed by atoms with Crippen LogP contribution >= 0.6 is 0 Å². The van der Waals surface area contributed by atoms with Crippen molar-refractivity contribution in [3.8, 4) is 0 Å². The second-order valence-electron chi connectivity index (χ2n) is 4.75. The molecule has 2 nitrogen and oxygen atoms in total. The van der Waals surface area contributed by atoms with Crippen LogP contribution in [0.25, 0.3) is 0 Å². The summed E-state index contributed by atoms with van der Waals surface area (Å²) < 4.78 is 0. The molecule has 0 aliphatic heterocycles. The molecule has 0 atom stereocenters. The zero-order valence-corrected chi connectivity index (χ0v) is 11.2. The molecule has 2 aromatic rings. The smallest absolute Gasteiger partial charge is 0.211 e. The van der Waals surface area contributed by atoms with Crippen LogP contribution in [0.3, 0.4) is 0 Å². The molecule has 0 N–H and O–H groups in total. The van der Waals surface area contributed by atoms with E-state index in [4.69, 9.17) is 0 Å². The van der Waals surface area contributed by atoms with Gasteiger partial charge in [0, 0.05) is 11.8 Å². The van der Waals surface area contributed by atoms with Crippen molar-refractivity contribution < 1.29 is 4.79 Å². The number of ketones is 1. The van der Waals surface area contributed by atoms with Gasteiger partial charge in [0.25, 0.3) is 0 Å². The first-order chi connectivity index (χ1) is 8.50. The van der Waals surface area contributed by atoms with Gasteiger partial charge < -0.3 is 0 Å². The van der Waals surface area contributed by atoms with Crippen LogP contribution in [-0.2, 0) is 0 Å². The lowest BCUT2D eigenvalue weighted by molar-refractivity contribution is 0.103. The maximum Gasteiger partial charge on any atom is 0.211 e. The fourth-order valence-electron chi connectivity index (χ4n) is 2.08. The molecule has 2 heteroatoms. The van der Waals surface area contributed by atoms with Gasteiger partial charge in [-0.25, -0.2) is 0 Å². The Morgan fingerprint density at radius 2 is 1.78 bits per heavy atom. The summed E-state index contributed by atoms with van der Waals surface area (Å²) in [5, 5.41) is 0. The van der Waals surface area contributed by atoms with Gasteiger partial charge >= 0.3 is 0 Å². The van der Waals surface area contributed by atoms with E-state index in [1.54, 1.807) is 6.20 Å². The Hall–Kier alpha value is -1.96. The monoisotopic (exact) mass is 239 g/mol. The predicted octanol–water partition coefficient (Wildman–Crippen LogP) is 3.55. The van der Waals surface area contributed by atoms with Crippen LogP contribution in [0, 0.1) is 27.7 Å². The Morgan fingerprint density at radius 3 is 2.44 bits per heavy atom. The van der Waals surface area contributed by atoms with Crippen LogP contribution in [0.5, 0.6) is 0 Å². The molecule has 0 amide bonds. The van der Waals surface area contributed by atoms with E-state index in [-0.39, 0.29) is 5.78 Å². The van der Waals surface area contributed by atoms with Gasteiger partial charge in [-0.1, -0.05) is 24.3 Å². The molecule has 0 bridgehead atoms. The highest BCUT2D eigenvalue weighted by Gasteiger charge is 2.15. The van der Waals surface area contributed by atoms with Gasteiger partial charge in [0.15, 0.2) is 0 Å². The SMILES string of the molecule is Cc1cnc(C(=O)c2cccc(C)c2C)c(C)c1. The Kier molecular flexibility index (Phi) is 3.28. The summed E-state index contributed by atoms with van der Waals surface area (Å²) in [5.74, 6) is 0.00806. The van der Waals surface area contributed by atoms with Crippen LogP contribution in [0.4, 0.5) is 0 Å². The zero-order valence-electron chi connectivity index (χ0n) is 11.2. The molecule has 0 aliphatic carbocycles. The summed E-state index contributed by atoms with van der Waals surface area (Å²) in [7, 11) is 0. The quantitative estimate of drug-likeness (QED) is 0.750. The molecular weight excluding hydrogens is 222 g/mol. The number of pyridine rings is 1. The third-order valence-corrected chi connectivity index (χ3v) is 3.28. The van der Waals surface area contributed by atoms with Crippen molar-refractivity contribution in [1.82, 2.24) is 4.98 Å². The van der Waals surface area contributed by atoms with Crippen LogP contribution < -0.4 is 0 Å². The molecule has 1 aromatic carbocycles. The normalized spacial score (nSPS) is 10.4. The van der Waals surface area contributed by atoms with E-state index in [0.717, 1.165) is 27.8 Å². The fourth-order valence-corrected chi connectivity index (χ4v) is 2.08. The lowest BCUT2D eigenvalue weighted by Gasteiger charge is -2.09. The third kappa shape index (κ3) is 2.19. The highest BCUT2D eigenvalue weighted by molar-refractivity contribution is 6.09. The van der Waals surface area contributed by atoms with E-state index in [1.807, 2.05) is 52.0 Å². The maximum atomic E-state index is 12.5. The Morgan fingerprint density at radius 1 is 1.06 bits per heavy atom. The minimum absolute atomic E-state index is 0.00806. The van der Waals surface area contributed by atoms with Gasteiger partial charge in [-0.15, -0.1) is 0 Å². The van der Waals surface area contributed by atoms with Gasteiger partial charge in [-0.3, -0.25) is 9.78 Å². The molecule has 0 aliphatic rings. The second-order valence-corrected chi connectivity index (χ2v) is 4.75. The first-order valence-corrected chi connectivity index (χ1v) is 6.05.